The Bertz CT molecular complexity index is 528. The van der Waals surface area contributed by atoms with Crippen LogP contribution >= 0.6 is 0 Å². The van der Waals surface area contributed by atoms with Gasteiger partial charge < -0.3 is 10.2 Å². The number of nitrogens with one attached hydrogen (secondary N) is 1. The van der Waals surface area contributed by atoms with Gasteiger partial charge in [0.2, 0.25) is 5.91 Å². The number of likely N-dealkylation sites (N-methyl/N-ethyl adjacent to an activating group) is 1. The Morgan fingerprint density at radius 2 is 2.00 bits per heavy atom. The Hall–Kier alpha value is -1.56. The van der Waals surface area contributed by atoms with Gasteiger partial charge in [-0.05, 0) is 43.5 Å². The van der Waals surface area contributed by atoms with E-state index in [1.165, 1.54) is 12.1 Å². The van der Waals surface area contributed by atoms with Crippen LogP contribution in [0.15, 0.2) is 24.3 Å². The second-order valence-corrected chi connectivity index (χ2v) is 6.19. The molecular weight excluding hydrogens is 305 g/mol. The van der Waals surface area contributed by atoms with Crippen LogP contribution < -0.4 is 5.32 Å². The number of halogens is 3. The highest BCUT2D eigenvalue weighted by molar-refractivity contribution is 5.77. The maximum absolute atomic E-state index is 12.6. The van der Waals surface area contributed by atoms with Crippen LogP contribution in [-0.4, -0.2) is 37.0 Å². The highest BCUT2D eigenvalue weighted by Crippen LogP contribution is 2.30. The molecule has 1 N–H and O–H groups in total. The van der Waals surface area contributed by atoms with Gasteiger partial charge >= 0.3 is 6.18 Å². The highest BCUT2D eigenvalue weighted by atomic mass is 19.4. The van der Waals surface area contributed by atoms with Crippen molar-refractivity contribution in [1.82, 2.24) is 10.2 Å². The molecule has 0 aliphatic carbocycles. The topological polar surface area (TPSA) is 32.3 Å². The number of nitrogens with zero attached hydrogens (tertiary/aromatic N) is 1. The summed E-state index contributed by atoms with van der Waals surface area (Å²) in [6.07, 6.45) is -1.96. The first-order valence-corrected chi connectivity index (χ1v) is 7.93. The van der Waals surface area contributed by atoms with Crippen molar-refractivity contribution in [3.8, 4) is 0 Å². The fourth-order valence-electron chi connectivity index (χ4n) is 2.95. The molecule has 0 aromatic heterocycles. The number of benzene rings is 1. The molecular formula is C17H23F3N2O. The van der Waals surface area contributed by atoms with Crippen molar-refractivity contribution < 1.29 is 18.0 Å². The molecule has 0 spiro atoms. The second-order valence-electron chi connectivity index (χ2n) is 6.19. The summed E-state index contributed by atoms with van der Waals surface area (Å²) in [5.41, 5.74) is 0.0983. The van der Waals surface area contributed by atoms with E-state index in [0.717, 1.165) is 37.1 Å². The van der Waals surface area contributed by atoms with Gasteiger partial charge in [0, 0.05) is 25.6 Å². The van der Waals surface area contributed by atoms with Crippen LogP contribution in [0.3, 0.4) is 0 Å². The van der Waals surface area contributed by atoms with Crippen molar-refractivity contribution in [2.45, 2.75) is 44.3 Å². The average molecular weight is 328 g/mol. The number of piperidine rings is 1. The van der Waals surface area contributed by atoms with Crippen LogP contribution in [0, 0.1) is 0 Å². The maximum Gasteiger partial charge on any atom is 0.416 e. The van der Waals surface area contributed by atoms with Crippen molar-refractivity contribution in [2.75, 3.05) is 20.1 Å². The van der Waals surface area contributed by atoms with E-state index in [0.29, 0.717) is 19.0 Å². The number of hydrogen-bond acceptors (Lipinski definition) is 2. The number of rotatable bonds is 4. The Morgan fingerprint density at radius 1 is 1.35 bits per heavy atom. The first-order valence-electron chi connectivity index (χ1n) is 7.93. The molecule has 2 unspecified atom stereocenters. The lowest BCUT2D eigenvalue weighted by atomic mass is 9.95. The lowest BCUT2D eigenvalue weighted by molar-refractivity contribution is -0.137. The summed E-state index contributed by atoms with van der Waals surface area (Å²) in [6.45, 7) is 3.34. The van der Waals surface area contributed by atoms with E-state index in [9.17, 15) is 18.0 Å². The second kappa shape index (κ2) is 7.34. The fraction of sp³-hybridized carbons (Fsp3) is 0.588. The molecule has 2 rings (SSSR count). The van der Waals surface area contributed by atoms with Gasteiger partial charge in [0.25, 0.3) is 0 Å². The van der Waals surface area contributed by atoms with Crippen molar-refractivity contribution in [3.63, 3.8) is 0 Å². The maximum atomic E-state index is 12.6. The van der Waals surface area contributed by atoms with Crippen molar-refractivity contribution in [2.24, 2.45) is 0 Å². The molecule has 0 radical (unpaired) electrons. The number of likely N-dealkylation sites (tertiary alicyclic amines) is 1. The lowest BCUT2D eigenvalue weighted by Crippen LogP contribution is -2.47. The van der Waals surface area contributed by atoms with Crippen molar-refractivity contribution in [1.29, 1.82) is 0 Å². The van der Waals surface area contributed by atoms with Crippen LogP contribution in [0.4, 0.5) is 13.2 Å². The molecule has 1 aliphatic rings. The Morgan fingerprint density at radius 3 is 2.57 bits per heavy atom. The Balaban J connectivity index is 1.95. The van der Waals surface area contributed by atoms with Gasteiger partial charge in [-0.15, -0.1) is 0 Å². The molecule has 1 heterocycles. The molecule has 23 heavy (non-hydrogen) atoms. The zero-order valence-electron chi connectivity index (χ0n) is 13.5. The zero-order chi connectivity index (χ0) is 17.0. The van der Waals surface area contributed by atoms with Gasteiger partial charge in [-0.1, -0.05) is 19.1 Å². The van der Waals surface area contributed by atoms with Crippen LogP contribution in [0.5, 0.6) is 0 Å². The fourth-order valence-corrected chi connectivity index (χ4v) is 2.95. The minimum absolute atomic E-state index is 0.0670. The summed E-state index contributed by atoms with van der Waals surface area (Å²) in [4.78, 5) is 14.2. The van der Waals surface area contributed by atoms with Gasteiger partial charge in [0.15, 0.2) is 0 Å². The van der Waals surface area contributed by atoms with E-state index in [1.807, 2.05) is 18.9 Å². The van der Waals surface area contributed by atoms with Crippen molar-refractivity contribution >= 4 is 5.91 Å². The van der Waals surface area contributed by atoms with E-state index < -0.39 is 11.7 Å². The summed E-state index contributed by atoms with van der Waals surface area (Å²) in [6, 6.07) is 5.41. The van der Waals surface area contributed by atoms with E-state index >= 15 is 0 Å². The predicted octanol–water partition coefficient (Wildman–Crippen LogP) is 3.41. The van der Waals surface area contributed by atoms with Gasteiger partial charge in [0.1, 0.15) is 0 Å². The number of carbonyl (C=O) groups is 1. The SMILES string of the molecule is CNC1CCCN(C(=O)CC(C)c2ccc(C(F)(F)F)cc2)C1. The van der Waals surface area contributed by atoms with Crippen LogP contribution in [0.2, 0.25) is 0 Å². The van der Waals surface area contributed by atoms with Crippen molar-refractivity contribution in [3.05, 3.63) is 35.4 Å². The Labute approximate surface area is 134 Å². The normalized spacial score (nSPS) is 20.4. The average Bonchev–Trinajstić information content (AvgIpc) is 2.54. The minimum atomic E-state index is -4.33. The summed E-state index contributed by atoms with van der Waals surface area (Å²) >= 11 is 0. The van der Waals surface area contributed by atoms with Gasteiger partial charge in [0.05, 0.1) is 5.56 Å². The molecule has 2 atom stereocenters. The molecule has 1 fully saturated rings. The van der Waals surface area contributed by atoms with E-state index in [4.69, 9.17) is 0 Å². The first-order chi connectivity index (χ1) is 10.8. The summed E-state index contributed by atoms with van der Waals surface area (Å²) in [5, 5.41) is 3.19. The van der Waals surface area contributed by atoms with Crippen LogP contribution in [0.1, 0.15) is 43.2 Å². The molecule has 1 aromatic carbocycles. The minimum Gasteiger partial charge on any atom is -0.341 e. The standard InChI is InChI=1S/C17H23F3N2O/c1-12(13-5-7-14(8-6-13)17(18,19)20)10-16(23)22-9-3-4-15(11-22)21-2/h5-8,12,15,21H,3-4,9-11H2,1-2H3. The monoisotopic (exact) mass is 328 g/mol. The third kappa shape index (κ3) is 4.70. The number of alkyl halides is 3. The predicted molar refractivity (Wildman–Crippen MR) is 83.1 cm³/mol. The molecule has 128 valence electrons. The van der Waals surface area contributed by atoms with Crippen LogP contribution in [0.25, 0.3) is 0 Å². The zero-order valence-corrected chi connectivity index (χ0v) is 13.5. The number of amides is 1. The third-order valence-electron chi connectivity index (χ3n) is 4.47. The molecule has 1 amide bonds. The number of hydrogen-bond donors (Lipinski definition) is 1. The molecule has 6 heteroatoms. The summed E-state index contributed by atoms with van der Waals surface area (Å²) in [7, 11) is 1.89. The van der Waals surface area contributed by atoms with E-state index in [1.54, 1.807) is 0 Å². The number of carbonyl (C=O) groups excluding carboxylic acids is 1. The van der Waals surface area contributed by atoms with E-state index in [-0.39, 0.29) is 11.8 Å². The molecule has 1 aromatic rings. The van der Waals surface area contributed by atoms with Gasteiger partial charge in [-0.25, -0.2) is 0 Å². The smallest absolute Gasteiger partial charge is 0.341 e. The van der Waals surface area contributed by atoms with Gasteiger partial charge in [-0.3, -0.25) is 4.79 Å². The molecule has 0 bridgehead atoms. The first kappa shape index (κ1) is 17.8. The third-order valence-corrected chi connectivity index (χ3v) is 4.47. The van der Waals surface area contributed by atoms with Gasteiger partial charge in [-0.2, -0.15) is 13.2 Å². The molecule has 0 saturated carbocycles. The Kier molecular flexibility index (Phi) is 5.68. The largest absolute Gasteiger partial charge is 0.416 e. The van der Waals surface area contributed by atoms with E-state index in [2.05, 4.69) is 5.32 Å². The quantitative estimate of drug-likeness (QED) is 0.919. The lowest BCUT2D eigenvalue weighted by Gasteiger charge is -2.33. The molecule has 3 nitrogen and oxygen atoms in total. The van der Waals surface area contributed by atoms with Crippen LogP contribution in [-0.2, 0) is 11.0 Å². The molecule has 1 saturated heterocycles. The summed E-state index contributed by atoms with van der Waals surface area (Å²) in [5.74, 6) is -0.0305. The molecule has 1 aliphatic heterocycles. The highest BCUT2D eigenvalue weighted by Gasteiger charge is 2.30. The summed E-state index contributed by atoms with van der Waals surface area (Å²) < 4.78 is 37.7.